The van der Waals surface area contributed by atoms with Gasteiger partial charge in [-0.3, -0.25) is 0 Å². The lowest BCUT2D eigenvalue weighted by molar-refractivity contribution is 0.379. The molecule has 1 rings (SSSR count). The van der Waals surface area contributed by atoms with Crippen molar-refractivity contribution in [3.8, 4) is 6.01 Å². The first kappa shape index (κ1) is 10.8. The van der Waals surface area contributed by atoms with Crippen molar-refractivity contribution in [1.29, 1.82) is 0 Å². The Bertz CT molecular complexity index is 294. The molecule has 1 N–H and O–H groups in total. The van der Waals surface area contributed by atoms with Crippen molar-refractivity contribution in [3.05, 3.63) is 12.3 Å². The van der Waals surface area contributed by atoms with Gasteiger partial charge in [-0.05, 0) is 11.5 Å². The van der Waals surface area contributed by atoms with Crippen molar-refractivity contribution < 1.29 is 4.74 Å². The molecule has 0 saturated carbocycles. The van der Waals surface area contributed by atoms with E-state index >= 15 is 0 Å². The van der Waals surface area contributed by atoms with Gasteiger partial charge in [-0.25, -0.2) is 4.98 Å². The summed E-state index contributed by atoms with van der Waals surface area (Å²) in [5, 5.41) is 3.23. The van der Waals surface area contributed by atoms with Gasteiger partial charge in [0.25, 0.3) is 0 Å². The summed E-state index contributed by atoms with van der Waals surface area (Å²) < 4.78 is 4.92. The summed E-state index contributed by atoms with van der Waals surface area (Å²) in [6.45, 7) is 7.36. The van der Waals surface area contributed by atoms with Gasteiger partial charge in [0.1, 0.15) is 5.82 Å². The fourth-order valence-electron chi connectivity index (χ4n) is 0.893. The van der Waals surface area contributed by atoms with Crippen LogP contribution in [0.4, 0.5) is 5.82 Å². The average molecular weight is 195 g/mol. The Morgan fingerprint density at radius 1 is 1.43 bits per heavy atom. The minimum Gasteiger partial charge on any atom is -0.467 e. The molecule has 0 unspecified atom stereocenters. The zero-order valence-electron chi connectivity index (χ0n) is 9.16. The van der Waals surface area contributed by atoms with Crippen LogP contribution in [0.3, 0.4) is 0 Å². The minimum atomic E-state index is 0.234. The Balaban J connectivity index is 2.59. The number of hydrogen-bond acceptors (Lipinski definition) is 4. The number of rotatable bonds is 3. The third-order valence-corrected chi connectivity index (χ3v) is 1.62. The molecule has 0 atom stereocenters. The lowest BCUT2D eigenvalue weighted by atomic mass is 9.97. The molecular formula is C10H17N3O. The summed E-state index contributed by atoms with van der Waals surface area (Å²) in [4.78, 5) is 8.08. The number of methoxy groups -OCH3 is 1. The van der Waals surface area contributed by atoms with Crippen molar-refractivity contribution in [1.82, 2.24) is 9.97 Å². The Hall–Kier alpha value is -1.32. The van der Waals surface area contributed by atoms with E-state index in [1.165, 1.54) is 0 Å². The SMILES string of the molecule is COc1nccc(NCC(C)(C)C)n1. The number of anilines is 1. The summed E-state index contributed by atoms with van der Waals surface area (Å²) in [7, 11) is 1.56. The smallest absolute Gasteiger partial charge is 0.318 e. The molecule has 0 aliphatic heterocycles. The van der Waals surface area contributed by atoms with Crippen molar-refractivity contribution >= 4 is 5.82 Å². The normalized spacial score (nSPS) is 11.1. The van der Waals surface area contributed by atoms with Crippen LogP contribution in [0.2, 0.25) is 0 Å². The Labute approximate surface area is 84.7 Å². The number of ether oxygens (including phenoxy) is 1. The van der Waals surface area contributed by atoms with Crippen molar-refractivity contribution in [2.75, 3.05) is 19.0 Å². The molecular weight excluding hydrogens is 178 g/mol. The van der Waals surface area contributed by atoms with E-state index in [-0.39, 0.29) is 5.41 Å². The minimum absolute atomic E-state index is 0.234. The zero-order chi connectivity index (χ0) is 10.6. The third kappa shape index (κ3) is 3.60. The van der Waals surface area contributed by atoms with Gasteiger partial charge in [-0.2, -0.15) is 4.98 Å². The maximum atomic E-state index is 4.92. The van der Waals surface area contributed by atoms with Gasteiger partial charge in [0.15, 0.2) is 0 Å². The molecule has 0 bridgehead atoms. The Morgan fingerprint density at radius 2 is 2.14 bits per heavy atom. The third-order valence-electron chi connectivity index (χ3n) is 1.62. The van der Waals surface area contributed by atoms with Crippen LogP contribution in [0.15, 0.2) is 12.3 Å². The maximum Gasteiger partial charge on any atom is 0.318 e. The summed E-state index contributed by atoms with van der Waals surface area (Å²) in [6, 6.07) is 2.22. The predicted molar refractivity (Wildman–Crippen MR) is 56.5 cm³/mol. The Kier molecular flexibility index (Phi) is 3.28. The van der Waals surface area contributed by atoms with Gasteiger partial charge in [0.2, 0.25) is 0 Å². The van der Waals surface area contributed by atoms with E-state index in [1.807, 2.05) is 6.07 Å². The molecule has 0 radical (unpaired) electrons. The first-order valence-corrected chi connectivity index (χ1v) is 4.62. The van der Waals surface area contributed by atoms with Crippen molar-refractivity contribution in [3.63, 3.8) is 0 Å². The monoisotopic (exact) mass is 195 g/mol. The maximum absolute atomic E-state index is 4.92. The van der Waals surface area contributed by atoms with Crippen LogP contribution < -0.4 is 10.1 Å². The molecule has 1 aromatic rings. The van der Waals surface area contributed by atoms with Crippen LogP contribution >= 0.6 is 0 Å². The Morgan fingerprint density at radius 3 is 2.71 bits per heavy atom. The van der Waals surface area contributed by atoms with Crippen molar-refractivity contribution in [2.45, 2.75) is 20.8 Å². The molecule has 78 valence electrons. The predicted octanol–water partition coefficient (Wildman–Crippen LogP) is 1.94. The van der Waals surface area contributed by atoms with Crippen LogP contribution in [0.1, 0.15) is 20.8 Å². The zero-order valence-corrected chi connectivity index (χ0v) is 9.16. The van der Waals surface area contributed by atoms with Crippen LogP contribution in [0, 0.1) is 5.41 Å². The first-order chi connectivity index (χ1) is 6.51. The van der Waals surface area contributed by atoms with Gasteiger partial charge >= 0.3 is 6.01 Å². The van der Waals surface area contributed by atoms with E-state index < -0.39 is 0 Å². The molecule has 0 amide bonds. The summed E-state index contributed by atoms with van der Waals surface area (Å²) in [5.74, 6) is 0.798. The highest BCUT2D eigenvalue weighted by Gasteiger charge is 2.09. The summed E-state index contributed by atoms with van der Waals surface area (Å²) >= 11 is 0. The molecule has 0 aromatic carbocycles. The second kappa shape index (κ2) is 4.26. The number of nitrogens with one attached hydrogen (secondary N) is 1. The molecule has 1 heterocycles. The quantitative estimate of drug-likeness (QED) is 0.800. The van der Waals surface area contributed by atoms with Crippen LogP contribution in [0.5, 0.6) is 6.01 Å². The highest BCUT2D eigenvalue weighted by atomic mass is 16.5. The van der Waals surface area contributed by atoms with Crippen molar-refractivity contribution in [2.24, 2.45) is 5.41 Å². The summed E-state index contributed by atoms with van der Waals surface area (Å²) in [6.07, 6.45) is 1.68. The van der Waals surface area contributed by atoms with E-state index in [1.54, 1.807) is 13.3 Å². The van der Waals surface area contributed by atoms with E-state index in [0.717, 1.165) is 12.4 Å². The topological polar surface area (TPSA) is 47.0 Å². The largest absolute Gasteiger partial charge is 0.467 e. The van der Waals surface area contributed by atoms with E-state index in [4.69, 9.17) is 4.74 Å². The second-order valence-corrected chi connectivity index (χ2v) is 4.34. The molecule has 0 spiro atoms. The molecule has 14 heavy (non-hydrogen) atoms. The first-order valence-electron chi connectivity index (χ1n) is 4.62. The second-order valence-electron chi connectivity index (χ2n) is 4.34. The van der Waals surface area contributed by atoms with Gasteiger partial charge < -0.3 is 10.1 Å². The van der Waals surface area contributed by atoms with Crippen LogP contribution in [-0.4, -0.2) is 23.6 Å². The fraction of sp³-hybridized carbons (Fsp3) is 0.600. The van der Waals surface area contributed by atoms with Crippen LogP contribution in [0.25, 0.3) is 0 Å². The fourth-order valence-corrected chi connectivity index (χ4v) is 0.893. The standard InChI is InChI=1S/C10H17N3O/c1-10(2,3)7-12-8-5-6-11-9(13-8)14-4/h5-6H,7H2,1-4H3,(H,11,12,13). The lowest BCUT2D eigenvalue weighted by Crippen LogP contribution is -2.19. The number of hydrogen-bond donors (Lipinski definition) is 1. The molecule has 0 saturated heterocycles. The van der Waals surface area contributed by atoms with Gasteiger partial charge in [-0.15, -0.1) is 0 Å². The molecule has 4 nitrogen and oxygen atoms in total. The highest BCUT2D eigenvalue weighted by molar-refractivity contribution is 5.34. The van der Waals surface area contributed by atoms with Gasteiger partial charge in [-0.1, -0.05) is 20.8 Å². The lowest BCUT2D eigenvalue weighted by Gasteiger charge is -2.18. The number of nitrogens with zero attached hydrogens (tertiary/aromatic N) is 2. The molecule has 0 aliphatic carbocycles. The van der Waals surface area contributed by atoms with E-state index in [9.17, 15) is 0 Å². The molecule has 0 fully saturated rings. The average Bonchev–Trinajstić information content (AvgIpc) is 2.14. The molecule has 1 aromatic heterocycles. The summed E-state index contributed by atoms with van der Waals surface area (Å²) in [5.41, 5.74) is 0.234. The van der Waals surface area contributed by atoms with E-state index in [0.29, 0.717) is 6.01 Å². The van der Waals surface area contributed by atoms with Crippen LogP contribution in [-0.2, 0) is 0 Å². The number of aromatic nitrogens is 2. The molecule has 4 heteroatoms. The highest BCUT2D eigenvalue weighted by Crippen LogP contribution is 2.14. The van der Waals surface area contributed by atoms with Gasteiger partial charge in [0.05, 0.1) is 7.11 Å². The van der Waals surface area contributed by atoms with E-state index in [2.05, 4.69) is 36.1 Å². The van der Waals surface area contributed by atoms with Gasteiger partial charge in [0, 0.05) is 12.7 Å². The molecule has 0 aliphatic rings.